The van der Waals surface area contributed by atoms with Crippen LogP contribution < -0.4 is 31.1 Å². The second kappa shape index (κ2) is 13.0. The topological polar surface area (TPSA) is 0 Å². The first-order chi connectivity index (χ1) is 20.8. The molecule has 0 aliphatic carbocycles. The fourth-order valence-corrected chi connectivity index (χ4v) is 15.4. The van der Waals surface area contributed by atoms with E-state index in [-0.39, 0.29) is 0 Å². The Labute approximate surface area is 272 Å². The summed E-state index contributed by atoms with van der Waals surface area (Å²) < 4.78 is 0. The van der Waals surface area contributed by atoms with Gasteiger partial charge in [-0.25, -0.2) is 0 Å². The smallest absolute Gasteiger partial charge is 0.0625 e. The Morgan fingerprint density at radius 1 is 0.341 bits per heavy atom. The highest BCUT2D eigenvalue weighted by molar-refractivity contribution is 7.11. The lowest BCUT2D eigenvalue weighted by atomic mass is 9.89. The molecule has 0 atom stereocenters. The molecule has 1 aliphatic rings. The average molecular weight is 615 g/mol. The van der Waals surface area contributed by atoms with Gasteiger partial charge in [-0.3, -0.25) is 0 Å². The molecule has 0 unspecified atom stereocenters. The van der Waals surface area contributed by atoms with Crippen molar-refractivity contribution in [2.75, 3.05) is 0 Å². The Bertz CT molecular complexity index is 1410. The number of benzene rings is 4. The van der Waals surface area contributed by atoms with Gasteiger partial charge < -0.3 is 0 Å². The van der Waals surface area contributed by atoms with E-state index in [0.29, 0.717) is 35.5 Å². The van der Waals surface area contributed by atoms with Crippen molar-refractivity contribution >= 4 is 48.7 Å². The molecular formula is C42H54Si2. The third-order valence-corrected chi connectivity index (χ3v) is 16.2. The van der Waals surface area contributed by atoms with E-state index in [1.165, 1.54) is 11.1 Å². The fourth-order valence-electron chi connectivity index (χ4n) is 7.16. The number of fused-ring (bicyclic) bond motifs is 2. The molecule has 4 aromatic rings. The molecule has 2 radical (unpaired) electrons. The Morgan fingerprint density at radius 3 is 0.750 bits per heavy atom. The van der Waals surface area contributed by atoms with Crippen molar-refractivity contribution in [3.8, 4) is 0 Å². The van der Waals surface area contributed by atoms with Crippen LogP contribution in [0, 0.1) is 0 Å². The van der Waals surface area contributed by atoms with Crippen molar-refractivity contribution in [3.63, 3.8) is 0 Å². The van der Waals surface area contributed by atoms with Crippen molar-refractivity contribution in [3.05, 3.63) is 106 Å². The monoisotopic (exact) mass is 614 g/mol. The normalized spacial score (nSPS) is 14.0. The van der Waals surface area contributed by atoms with Crippen molar-refractivity contribution in [2.24, 2.45) is 0 Å². The zero-order valence-corrected chi connectivity index (χ0v) is 31.4. The minimum absolute atomic E-state index is 0.480. The third-order valence-electron chi connectivity index (χ3n) is 9.70. The summed E-state index contributed by atoms with van der Waals surface area (Å²) in [5.74, 6) is 2.97. The molecule has 0 amide bonds. The van der Waals surface area contributed by atoms with Crippen LogP contribution in [0.3, 0.4) is 0 Å². The quantitative estimate of drug-likeness (QED) is 0.157. The SMILES string of the molecule is CC(C)c1cc(C(C)C)c([Si]2c3ccccc3[Si](c3c(C(C)C)cc(C(C)C)cc3C(C)C)c3ccccc32)c(C(C)C)c1. The number of rotatable bonds is 8. The van der Waals surface area contributed by atoms with Crippen LogP contribution in [-0.2, 0) is 0 Å². The van der Waals surface area contributed by atoms with Crippen LogP contribution in [0.4, 0.5) is 0 Å². The van der Waals surface area contributed by atoms with E-state index in [2.05, 4.69) is 156 Å². The summed E-state index contributed by atoms with van der Waals surface area (Å²) in [5, 5.41) is 9.83. The molecule has 4 aromatic carbocycles. The molecule has 230 valence electrons. The van der Waals surface area contributed by atoms with Gasteiger partial charge in [0.05, 0.1) is 0 Å². The van der Waals surface area contributed by atoms with Crippen LogP contribution in [0.25, 0.3) is 0 Å². The highest BCUT2D eigenvalue weighted by Gasteiger charge is 2.40. The van der Waals surface area contributed by atoms with Crippen LogP contribution in [0.1, 0.15) is 152 Å². The molecule has 0 fully saturated rings. The Kier molecular flexibility index (Phi) is 9.64. The Balaban J connectivity index is 1.90. The molecule has 1 heterocycles. The summed E-state index contributed by atoms with van der Waals surface area (Å²) >= 11 is 0. The lowest BCUT2D eigenvalue weighted by molar-refractivity contribution is 0.812. The van der Waals surface area contributed by atoms with E-state index in [4.69, 9.17) is 0 Å². The molecule has 2 heteroatoms. The summed E-state index contributed by atoms with van der Waals surface area (Å²) in [6, 6.07) is 29.6. The molecule has 0 N–H and O–H groups in total. The van der Waals surface area contributed by atoms with E-state index < -0.39 is 17.6 Å². The van der Waals surface area contributed by atoms with E-state index in [9.17, 15) is 0 Å². The molecule has 0 saturated carbocycles. The molecule has 0 bridgehead atoms. The number of hydrogen-bond donors (Lipinski definition) is 0. The van der Waals surface area contributed by atoms with E-state index >= 15 is 0 Å². The highest BCUT2D eigenvalue weighted by atomic mass is 28.3. The molecule has 0 spiro atoms. The molecule has 0 aromatic heterocycles. The lowest BCUT2D eigenvalue weighted by Gasteiger charge is -2.38. The van der Waals surface area contributed by atoms with E-state index in [1.807, 2.05) is 0 Å². The van der Waals surface area contributed by atoms with Crippen LogP contribution in [0.2, 0.25) is 0 Å². The zero-order valence-electron chi connectivity index (χ0n) is 29.4. The Hall–Kier alpha value is -2.69. The Morgan fingerprint density at radius 2 is 0.568 bits per heavy atom. The van der Waals surface area contributed by atoms with Crippen LogP contribution in [0.5, 0.6) is 0 Å². The van der Waals surface area contributed by atoms with Gasteiger partial charge in [0.15, 0.2) is 17.6 Å². The van der Waals surface area contributed by atoms with Crippen LogP contribution in [0.15, 0.2) is 72.8 Å². The summed E-state index contributed by atoms with van der Waals surface area (Å²) in [6.45, 7) is 28.7. The number of hydrogen-bond acceptors (Lipinski definition) is 0. The minimum atomic E-state index is -1.23. The van der Waals surface area contributed by atoms with Gasteiger partial charge in [-0.05, 0) is 79.3 Å². The molecule has 5 rings (SSSR count). The molecule has 0 saturated heterocycles. The second-order valence-electron chi connectivity index (χ2n) is 14.9. The predicted octanol–water partition coefficient (Wildman–Crippen LogP) is 7.77. The third kappa shape index (κ3) is 5.85. The van der Waals surface area contributed by atoms with Crippen LogP contribution >= 0.6 is 0 Å². The van der Waals surface area contributed by atoms with Gasteiger partial charge in [-0.1, -0.05) is 177 Å². The van der Waals surface area contributed by atoms with Crippen molar-refractivity contribution < 1.29 is 0 Å². The summed E-state index contributed by atoms with van der Waals surface area (Å²) in [4.78, 5) is 0. The molecule has 1 aliphatic heterocycles. The van der Waals surface area contributed by atoms with Crippen LogP contribution in [-0.4, -0.2) is 17.6 Å². The van der Waals surface area contributed by atoms with Gasteiger partial charge in [0.2, 0.25) is 0 Å². The van der Waals surface area contributed by atoms with Gasteiger partial charge in [-0.2, -0.15) is 0 Å². The zero-order chi connectivity index (χ0) is 32.0. The largest absolute Gasteiger partial charge is 0.155 e. The van der Waals surface area contributed by atoms with Gasteiger partial charge in [0.1, 0.15) is 0 Å². The van der Waals surface area contributed by atoms with Gasteiger partial charge in [0, 0.05) is 0 Å². The lowest BCUT2D eigenvalue weighted by Crippen LogP contribution is -2.76. The first-order valence-electron chi connectivity index (χ1n) is 17.1. The maximum atomic E-state index is 2.57. The van der Waals surface area contributed by atoms with E-state index in [1.54, 1.807) is 53.4 Å². The minimum Gasteiger partial charge on any atom is -0.0625 e. The molecular weight excluding hydrogens is 561 g/mol. The maximum Gasteiger partial charge on any atom is 0.155 e. The summed E-state index contributed by atoms with van der Waals surface area (Å²) in [5.41, 5.74) is 9.25. The highest BCUT2D eigenvalue weighted by Crippen LogP contribution is 2.29. The fraction of sp³-hybridized carbons (Fsp3) is 0.429. The summed E-state index contributed by atoms with van der Waals surface area (Å²) in [6.07, 6.45) is 0. The molecule has 44 heavy (non-hydrogen) atoms. The predicted molar refractivity (Wildman–Crippen MR) is 200 cm³/mol. The average Bonchev–Trinajstić information content (AvgIpc) is 2.98. The van der Waals surface area contributed by atoms with E-state index in [0.717, 1.165) is 0 Å². The maximum absolute atomic E-state index is 2.57. The van der Waals surface area contributed by atoms with Crippen molar-refractivity contribution in [1.82, 2.24) is 0 Å². The first kappa shape index (κ1) is 32.7. The molecule has 0 nitrogen and oxygen atoms in total. The van der Waals surface area contributed by atoms with Crippen molar-refractivity contribution in [1.29, 1.82) is 0 Å². The van der Waals surface area contributed by atoms with Gasteiger partial charge in [0.25, 0.3) is 0 Å². The van der Waals surface area contributed by atoms with Crippen molar-refractivity contribution in [2.45, 2.75) is 119 Å². The standard InChI is InChI=1S/C42H54Si2/c1-25(2)31-21-33(27(5)6)41(34(22-31)28(7)8)43-37-17-13-15-19-39(37)44(40-20-16-14-18-38(40)43)42-35(29(9)10)23-32(26(3)4)24-36(42)30(11)12/h13-30H,1-12H3. The first-order valence-corrected chi connectivity index (χ1v) is 20.1. The summed E-state index contributed by atoms with van der Waals surface area (Å²) in [7, 11) is -2.46. The second-order valence-corrected chi connectivity index (χ2v) is 19.6. The van der Waals surface area contributed by atoms with Gasteiger partial charge >= 0.3 is 0 Å². The van der Waals surface area contributed by atoms with Gasteiger partial charge in [-0.15, -0.1) is 0 Å².